The summed E-state index contributed by atoms with van der Waals surface area (Å²) in [6.07, 6.45) is 4.11. The minimum atomic E-state index is 0.546. The number of nitrogens with zero attached hydrogens (tertiary/aromatic N) is 2. The number of aromatic nitrogens is 2. The van der Waals surface area contributed by atoms with E-state index in [0.29, 0.717) is 11.5 Å². The fourth-order valence-corrected chi connectivity index (χ4v) is 1.75. The molecule has 17 heavy (non-hydrogen) atoms. The van der Waals surface area contributed by atoms with Gasteiger partial charge in [-0.05, 0) is 36.6 Å². The normalized spacial score (nSPS) is 10.2. The van der Waals surface area contributed by atoms with E-state index in [1.807, 2.05) is 6.07 Å². The number of nitrogens with one attached hydrogen (secondary N) is 1. The zero-order chi connectivity index (χ0) is 12.3. The SMILES string of the molecule is CCc1ccc(Nc2ncncc2N)cc1C. The fraction of sp³-hybridized carbons (Fsp3) is 0.231. The predicted octanol–water partition coefficient (Wildman–Crippen LogP) is 2.67. The number of anilines is 3. The van der Waals surface area contributed by atoms with Crippen molar-refractivity contribution in [3.05, 3.63) is 41.9 Å². The zero-order valence-electron chi connectivity index (χ0n) is 10.1. The molecule has 1 heterocycles. The Morgan fingerprint density at radius 3 is 2.82 bits per heavy atom. The van der Waals surface area contributed by atoms with Crippen molar-refractivity contribution in [1.29, 1.82) is 0 Å². The number of nitrogens with two attached hydrogens (primary N) is 1. The number of benzene rings is 1. The Balaban J connectivity index is 2.25. The minimum Gasteiger partial charge on any atom is -0.394 e. The summed E-state index contributed by atoms with van der Waals surface area (Å²) in [6.45, 7) is 4.26. The van der Waals surface area contributed by atoms with Crippen molar-refractivity contribution in [1.82, 2.24) is 9.97 Å². The van der Waals surface area contributed by atoms with E-state index in [4.69, 9.17) is 5.73 Å². The predicted molar refractivity (Wildman–Crippen MR) is 70.3 cm³/mol. The molecule has 2 rings (SSSR count). The molecule has 0 saturated carbocycles. The molecule has 0 fully saturated rings. The maximum absolute atomic E-state index is 5.78. The first kappa shape index (κ1) is 11.4. The molecule has 1 aromatic heterocycles. The Labute approximate surface area is 101 Å². The molecule has 0 radical (unpaired) electrons. The van der Waals surface area contributed by atoms with Crippen molar-refractivity contribution >= 4 is 17.2 Å². The molecule has 0 spiro atoms. The van der Waals surface area contributed by atoms with E-state index in [9.17, 15) is 0 Å². The molecular formula is C13H16N4. The average Bonchev–Trinajstić information content (AvgIpc) is 2.32. The molecule has 4 heteroatoms. The Morgan fingerprint density at radius 1 is 1.35 bits per heavy atom. The molecule has 0 saturated heterocycles. The van der Waals surface area contributed by atoms with Gasteiger partial charge in [-0.1, -0.05) is 13.0 Å². The summed E-state index contributed by atoms with van der Waals surface area (Å²) in [5, 5.41) is 3.19. The summed E-state index contributed by atoms with van der Waals surface area (Å²) in [6, 6.07) is 6.25. The lowest BCUT2D eigenvalue weighted by atomic mass is 10.1. The van der Waals surface area contributed by atoms with E-state index < -0.39 is 0 Å². The number of rotatable bonds is 3. The largest absolute Gasteiger partial charge is 0.394 e. The minimum absolute atomic E-state index is 0.546. The van der Waals surface area contributed by atoms with Crippen molar-refractivity contribution in [3.63, 3.8) is 0 Å². The monoisotopic (exact) mass is 228 g/mol. The first-order valence-electron chi connectivity index (χ1n) is 5.62. The van der Waals surface area contributed by atoms with Crippen LogP contribution in [0.5, 0.6) is 0 Å². The van der Waals surface area contributed by atoms with Crippen molar-refractivity contribution in [2.45, 2.75) is 20.3 Å². The fourth-order valence-electron chi connectivity index (χ4n) is 1.75. The van der Waals surface area contributed by atoms with E-state index in [-0.39, 0.29) is 0 Å². The number of hydrogen-bond acceptors (Lipinski definition) is 4. The number of nitrogen functional groups attached to an aromatic ring is 1. The topological polar surface area (TPSA) is 63.8 Å². The molecule has 4 nitrogen and oxygen atoms in total. The zero-order valence-corrected chi connectivity index (χ0v) is 10.1. The van der Waals surface area contributed by atoms with Gasteiger partial charge in [0.15, 0.2) is 5.82 Å². The van der Waals surface area contributed by atoms with E-state index in [1.165, 1.54) is 17.5 Å². The van der Waals surface area contributed by atoms with Crippen LogP contribution in [0.3, 0.4) is 0 Å². The molecule has 3 N–H and O–H groups in total. The molecule has 1 aromatic carbocycles. The molecule has 0 bridgehead atoms. The maximum atomic E-state index is 5.78. The van der Waals surface area contributed by atoms with Crippen LogP contribution in [-0.2, 0) is 6.42 Å². The van der Waals surface area contributed by atoms with Gasteiger partial charge in [0.1, 0.15) is 6.33 Å². The highest BCUT2D eigenvalue weighted by Gasteiger charge is 2.02. The van der Waals surface area contributed by atoms with E-state index in [0.717, 1.165) is 12.1 Å². The van der Waals surface area contributed by atoms with Gasteiger partial charge >= 0.3 is 0 Å². The third-order valence-electron chi connectivity index (χ3n) is 2.73. The van der Waals surface area contributed by atoms with Crippen LogP contribution in [0.2, 0.25) is 0 Å². The third kappa shape index (κ3) is 2.53. The molecule has 0 amide bonds. The number of aryl methyl sites for hydroxylation is 2. The van der Waals surface area contributed by atoms with Gasteiger partial charge in [0.2, 0.25) is 0 Å². The van der Waals surface area contributed by atoms with Crippen molar-refractivity contribution < 1.29 is 0 Å². The summed E-state index contributed by atoms with van der Waals surface area (Å²) in [5.74, 6) is 0.642. The van der Waals surface area contributed by atoms with Gasteiger partial charge < -0.3 is 11.1 Å². The van der Waals surface area contributed by atoms with Gasteiger partial charge in [-0.2, -0.15) is 0 Å². The maximum Gasteiger partial charge on any atom is 0.157 e. The molecule has 0 aliphatic carbocycles. The van der Waals surface area contributed by atoms with Gasteiger partial charge in [-0.15, -0.1) is 0 Å². The van der Waals surface area contributed by atoms with E-state index >= 15 is 0 Å². The molecule has 2 aromatic rings. The van der Waals surface area contributed by atoms with Crippen LogP contribution in [0, 0.1) is 6.92 Å². The lowest BCUT2D eigenvalue weighted by molar-refractivity contribution is 1.11. The van der Waals surface area contributed by atoms with Crippen molar-refractivity contribution in [3.8, 4) is 0 Å². The van der Waals surface area contributed by atoms with Crippen LogP contribution in [0.4, 0.5) is 17.2 Å². The van der Waals surface area contributed by atoms with Gasteiger partial charge in [0.05, 0.1) is 11.9 Å². The van der Waals surface area contributed by atoms with Crippen LogP contribution in [0.15, 0.2) is 30.7 Å². The molecule has 0 aliphatic heterocycles. The molecule has 0 unspecified atom stereocenters. The second-order valence-electron chi connectivity index (χ2n) is 3.95. The summed E-state index contributed by atoms with van der Waals surface area (Å²) in [4.78, 5) is 7.95. The van der Waals surface area contributed by atoms with E-state index in [2.05, 4.69) is 41.3 Å². The second kappa shape index (κ2) is 4.82. The van der Waals surface area contributed by atoms with Crippen LogP contribution < -0.4 is 11.1 Å². The summed E-state index contributed by atoms with van der Waals surface area (Å²) < 4.78 is 0. The highest BCUT2D eigenvalue weighted by Crippen LogP contribution is 2.21. The Hall–Kier alpha value is -2.10. The van der Waals surface area contributed by atoms with Crippen LogP contribution in [0.25, 0.3) is 0 Å². The second-order valence-corrected chi connectivity index (χ2v) is 3.95. The van der Waals surface area contributed by atoms with Gasteiger partial charge in [0, 0.05) is 5.69 Å². The van der Waals surface area contributed by atoms with Gasteiger partial charge in [0.25, 0.3) is 0 Å². The average molecular weight is 228 g/mol. The first-order valence-corrected chi connectivity index (χ1v) is 5.62. The molecule has 88 valence electrons. The molecular weight excluding hydrogens is 212 g/mol. The number of hydrogen-bond donors (Lipinski definition) is 2. The molecule has 0 aliphatic rings. The van der Waals surface area contributed by atoms with Gasteiger partial charge in [-0.25, -0.2) is 9.97 Å². The summed E-state index contributed by atoms with van der Waals surface area (Å²) >= 11 is 0. The highest BCUT2D eigenvalue weighted by molar-refractivity contribution is 5.68. The summed E-state index contributed by atoms with van der Waals surface area (Å²) in [7, 11) is 0. The Bertz CT molecular complexity index is 523. The lowest BCUT2D eigenvalue weighted by Crippen LogP contribution is -2.00. The van der Waals surface area contributed by atoms with Crippen molar-refractivity contribution in [2.75, 3.05) is 11.1 Å². The van der Waals surface area contributed by atoms with Crippen LogP contribution in [-0.4, -0.2) is 9.97 Å². The van der Waals surface area contributed by atoms with Crippen LogP contribution >= 0.6 is 0 Å². The first-order chi connectivity index (χ1) is 8.20. The lowest BCUT2D eigenvalue weighted by Gasteiger charge is -2.10. The summed E-state index contributed by atoms with van der Waals surface area (Å²) in [5.41, 5.74) is 9.93. The third-order valence-corrected chi connectivity index (χ3v) is 2.73. The van der Waals surface area contributed by atoms with Crippen molar-refractivity contribution in [2.24, 2.45) is 0 Å². The Kier molecular flexibility index (Phi) is 3.23. The van der Waals surface area contributed by atoms with E-state index in [1.54, 1.807) is 6.20 Å². The highest BCUT2D eigenvalue weighted by atomic mass is 15.0. The van der Waals surface area contributed by atoms with Crippen LogP contribution in [0.1, 0.15) is 18.1 Å². The smallest absolute Gasteiger partial charge is 0.157 e. The Morgan fingerprint density at radius 2 is 2.18 bits per heavy atom. The molecule has 0 atom stereocenters. The standard InChI is InChI=1S/C13H16N4/c1-3-10-4-5-11(6-9(10)2)17-13-12(14)7-15-8-16-13/h4-8H,3,14H2,1-2H3,(H,15,16,17). The quantitative estimate of drug-likeness (QED) is 0.847. The van der Waals surface area contributed by atoms with Gasteiger partial charge in [-0.3, -0.25) is 0 Å².